The van der Waals surface area contributed by atoms with E-state index in [0.29, 0.717) is 5.66 Å². The van der Waals surface area contributed by atoms with Gasteiger partial charge in [0.15, 0.2) is 0 Å². The SMILES string of the molecule is C[C@H]([c-]1cccc1P(c1ccc(F)cc1)c1ccc(F)cc1)P(C(C)(C)C)C(C)(C)C.[Fe+2].[Ni+2].c1cc[cH-]c1. The molecule has 0 aromatic heterocycles. The summed E-state index contributed by atoms with van der Waals surface area (Å²) in [6, 6.07) is 30.2. The van der Waals surface area contributed by atoms with Gasteiger partial charge in [-0.05, 0) is 58.8 Å². The Hall–Kier alpha value is -1.13. The average Bonchev–Trinajstić information content (AvgIpc) is 3.50. The molecule has 0 aliphatic carbocycles. The van der Waals surface area contributed by atoms with Crippen LogP contribution in [0.2, 0.25) is 0 Å². The first-order chi connectivity index (χ1) is 16.9. The summed E-state index contributed by atoms with van der Waals surface area (Å²) in [7, 11) is -1.26. The van der Waals surface area contributed by atoms with E-state index in [9.17, 15) is 8.78 Å². The predicted molar refractivity (Wildman–Crippen MR) is 158 cm³/mol. The van der Waals surface area contributed by atoms with Gasteiger partial charge in [0, 0.05) is 0 Å². The summed E-state index contributed by atoms with van der Waals surface area (Å²) in [6.45, 7) is 16.5. The third-order valence-electron chi connectivity index (χ3n) is 6.07. The Balaban J connectivity index is 0.000000925. The van der Waals surface area contributed by atoms with E-state index in [1.54, 1.807) is 0 Å². The molecule has 1 atom stereocenters. The van der Waals surface area contributed by atoms with E-state index in [0.717, 1.165) is 10.6 Å². The Labute approximate surface area is 251 Å². The van der Waals surface area contributed by atoms with E-state index >= 15 is 0 Å². The second-order valence-corrected chi connectivity index (χ2v) is 17.4. The van der Waals surface area contributed by atoms with E-state index in [2.05, 4.69) is 66.7 Å². The standard InChI is InChI=1S/C27H33F2P2.C5H5.Fe.Ni/c1-19(31(26(2,3)4)27(5,6)7)24-9-8-10-25(24)30(22-15-11-20(28)12-16-22)23-17-13-21(29)14-18-23;1-2-4-5-3-1;;/h8-19H,1-7H3;1-5H;;/q2*-1;2*+2/t19-;;;/m1.../s1. The van der Waals surface area contributed by atoms with Crippen LogP contribution in [0, 0.1) is 11.6 Å². The maximum atomic E-state index is 13.7. The fourth-order valence-corrected chi connectivity index (χ4v) is 12.7. The number of rotatable bonds is 5. The summed E-state index contributed by atoms with van der Waals surface area (Å²) >= 11 is 0. The van der Waals surface area contributed by atoms with Gasteiger partial charge in [-0.3, -0.25) is 0 Å². The van der Waals surface area contributed by atoms with E-state index in [4.69, 9.17) is 0 Å². The Morgan fingerprint density at radius 2 is 1.13 bits per heavy atom. The van der Waals surface area contributed by atoms with E-state index in [-0.39, 0.29) is 63.4 Å². The maximum Gasteiger partial charge on any atom is 2.00 e. The molecule has 4 rings (SSSR count). The Bertz CT molecular complexity index is 1110. The van der Waals surface area contributed by atoms with Gasteiger partial charge in [-0.15, -0.1) is 18.8 Å². The summed E-state index contributed by atoms with van der Waals surface area (Å²) in [5.74, 6) is -0.476. The van der Waals surface area contributed by atoms with Gasteiger partial charge in [-0.2, -0.15) is 24.3 Å². The van der Waals surface area contributed by atoms with Gasteiger partial charge in [0.1, 0.15) is 11.6 Å². The van der Waals surface area contributed by atoms with Crippen LogP contribution in [0.15, 0.2) is 97.1 Å². The molecule has 0 fully saturated rings. The first-order valence-corrected chi connectivity index (χ1v) is 15.2. The van der Waals surface area contributed by atoms with Crippen molar-refractivity contribution in [1.29, 1.82) is 0 Å². The molecule has 4 aromatic rings. The second kappa shape index (κ2) is 15.0. The minimum Gasteiger partial charge on any atom is -0.214 e. The van der Waals surface area contributed by atoms with Crippen molar-refractivity contribution < 1.29 is 42.3 Å². The van der Waals surface area contributed by atoms with Gasteiger partial charge in [-0.1, -0.05) is 72.7 Å². The van der Waals surface area contributed by atoms with E-state index < -0.39 is 7.92 Å². The van der Waals surface area contributed by atoms with Crippen molar-refractivity contribution in [3.63, 3.8) is 0 Å². The van der Waals surface area contributed by atoms with Gasteiger partial charge in [0.05, 0.1) is 0 Å². The van der Waals surface area contributed by atoms with Crippen LogP contribution in [-0.4, -0.2) is 10.3 Å². The van der Waals surface area contributed by atoms with Crippen molar-refractivity contribution in [3.05, 3.63) is 114 Å². The van der Waals surface area contributed by atoms with E-state index in [1.165, 1.54) is 35.1 Å². The van der Waals surface area contributed by atoms with Crippen molar-refractivity contribution in [1.82, 2.24) is 0 Å². The van der Waals surface area contributed by atoms with Crippen molar-refractivity contribution in [2.24, 2.45) is 0 Å². The van der Waals surface area contributed by atoms with Crippen LogP contribution in [0.1, 0.15) is 59.7 Å². The van der Waals surface area contributed by atoms with Crippen molar-refractivity contribution >= 4 is 31.8 Å². The molecular formula is C32H38F2FeNiP2+2. The summed E-state index contributed by atoms with van der Waals surface area (Å²) in [5.41, 5.74) is 1.78. The molecule has 0 radical (unpaired) electrons. The molecule has 0 spiro atoms. The zero-order valence-electron chi connectivity index (χ0n) is 23.1. The number of halogens is 2. The van der Waals surface area contributed by atoms with Crippen LogP contribution >= 0.6 is 15.8 Å². The molecule has 4 aromatic carbocycles. The zero-order chi connectivity index (χ0) is 26.5. The third kappa shape index (κ3) is 9.22. The molecule has 0 bridgehead atoms. The first-order valence-electron chi connectivity index (χ1n) is 12.4. The quantitative estimate of drug-likeness (QED) is 0.117. The topological polar surface area (TPSA) is 0 Å². The molecule has 0 N–H and O–H groups in total. The summed E-state index contributed by atoms with van der Waals surface area (Å²) in [4.78, 5) is 0. The average molecular weight is 637 g/mol. The Morgan fingerprint density at radius 1 is 0.711 bits per heavy atom. The van der Waals surface area contributed by atoms with Crippen LogP contribution in [0.5, 0.6) is 0 Å². The molecule has 0 saturated heterocycles. The molecule has 0 heterocycles. The normalized spacial score (nSPS) is 12.3. The van der Waals surface area contributed by atoms with Gasteiger partial charge in [-0.25, -0.2) is 33.0 Å². The molecule has 0 amide bonds. The van der Waals surface area contributed by atoms with Gasteiger partial charge in [0.25, 0.3) is 0 Å². The van der Waals surface area contributed by atoms with Crippen LogP contribution in [0.3, 0.4) is 0 Å². The summed E-state index contributed by atoms with van der Waals surface area (Å²) in [6.07, 6.45) is 0. The van der Waals surface area contributed by atoms with E-state index in [1.807, 2.05) is 54.6 Å². The van der Waals surface area contributed by atoms with Gasteiger partial charge >= 0.3 is 33.6 Å². The largest absolute Gasteiger partial charge is 2.00 e. The van der Waals surface area contributed by atoms with Crippen LogP contribution in [0.4, 0.5) is 8.78 Å². The molecule has 6 heteroatoms. The molecule has 0 aliphatic rings. The predicted octanol–water partition coefficient (Wildman–Crippen LogP) is 8.98. The second-order valence-electron chi connectivity index (χ2n) is 11.0. The minimum absolute atomic E-state index is 0. The van der Waals surface area contributed by atoms with Gasteiger partial charge < -0.3 is 0 Å². The molecule has 0 unspecified atom stereocenters. The molecular weight excluding hydrogens is 599 g/mol. The Kier molecular flexibility index (Phi) is 13.8. The smallest absolute Gasteiger partial charge is 0.214 e. The van der Waals surface area contributed by atoms with Crippen molar-refractivity contribution in [3.8, 4) is 0 Å². The fraction of sp³-hybridized carbons (Fsp3) is 0.312. The molecule has 206 valence electrons. The zero-order valence-corrected chi connectivity index (χ0v) is 27.0. The molecule has 38 heavy (non-hydrogen) atoms. The Morgan fingerprint density at radius 3 is 1.47 bits per heavy atom. The summed E-state index contributed by atoms with van der Waals surface area (Å²) < 4.78 is 27.4. The third-order valence-corrected chi connectivity index (χ3v) is 12.5. The van der Waals surface area contributed by atoms with Crippen molar-refractivity contribution in [2.45, 2.75) is 64.4 Å². The summed E-state index contributed by atoms with van der Waals surface area (Å²) in [5, 5.41) is 3.87. The van der Waals surface area contributed by atoms with Crippen molar-refractivity contribution in [2.75, 3.05) is 0 Å². The van der Waals surface area contributed by atoms with Crippen LogP contribution in [0.25, 0.3) is 0 Å². The van der Waals surface area contributed by atoms with Crippen LogP contribution in [-0.2, 0) is 33.6 Å². The fourth-order valence-electron chi connectivity index (χ4n) is 5.22. The molecule has 0 aliphatic heterocycles. The molecule has 0 nitrogen and oxygen atoms in total. The first kappa shape index (κ1) is 34.9. The van der Waals surface area contributed by atoms with Crippen LogP contribution < -0.4 is 15.9 Å². The van der Waals surface area contributed by atoms with Gasteiger partial charge in [0.2, 0.25) is 0 Å². The number of hydrogen-bond acceptors (Lipinski definition) is 0. The number of benzene rings is 2. The number of hydrogen-bond donors (Lipinski definition) is 0. The molecule has 0 saturated carbocycles. The minimum atomic E-state index is -0.906. The monoisotopic (exact) mass is 636 g/mol. The maximum absolute atomic E-state index is 13.7.